The third kappa shape index (κ3) is 4.33. The first-order valence-electron chi connectivity index (χ1n) is 6.44. The Labute approximate surface area is 109 Å². The van der Waals surface area contributed by atoms with Crippen molar-refractivity contribution in [3.63, 3.8) is 0 Å². The number of hydrogen-bond donors (Lipinski definition) is 0. The third-order valence-corrected chi connectivity index (χ3v) is 3.07. The van der Waals surface area contributed by atoms with Crippen LogP contribution in [-0.4, -0.2) is 29.6 Å². The number of carbonyl (C=O) groups excluding carboxylic acids is 1. The molecule has 0 aromatic rings. The van der Waals surface area contributed by atoms with Crippen molar-refractivity contribution in [2.75, 3.05) is 13.1 Å². The van der Waals surface area contributed by atoms with Gasteiger partial charge in [0.25, 0.3) is 0 Å². The van der Waals surface area contributed by atoms with Gasteiger partial charge in [-0.2, -0.15) is 5.26 Å². The first-order chi connectivity index (χ1) is 8.56. The maximum Gasteiger partial charge on any atom is 0.223 e. The van der Waals surface area contributed by atoms with Crippen LogP contribution in [0.5, 0.6) is 0 Å². The third-order valence-electron chi connectivity index (χ3n) is 3.07. The second-order valence-electron chi connectivity index (χ2n) is 4.93. The number of aliphatic imine (C=N–C) groups is 1. The molecule has 1 heterocycles. The van der Waals surface area contributed by atoms with E-state index >= 15 is 0 Å². The van der Waals surface area contributed by atoms with Crippen molar-refractivity contribution in [2.24, 2.45) is 10.9 Å². The van der Waals surface area contributed by atoms with E-state index in [0.717, 1.165) is 25.0 Å². The summed E-state index contributed by atoms with van der Waals surface area (Å²) in [5.41, 5.74) is 1.45. The molecule has 1 unspecified atom stereocenters. The van der Waals surface area contributed by atoms with Crippen LogP contribution in [0.1, 0.15) is 40.0 Å². The molecule has 98 valence electrons. The summed E-state index contributed by atoms with van der Waals surface area (Å²) >= 11 is 0. The molecule has 4 heteroatoms. The van der Waals surface area contributed by atoms with E-state index in [1.54, 1.807) is 13.1 Å². The summed E-state index contributed by atoms with van der Waals surface area (Å²) in [4.78, 5) is 17.7. The zero-order chi connectivity index (χ0) is 13.5. The molecule has 0 spiro atoms. The summed E-state index contributed by atoms with van der Waals surface area (Å²) < 4.78 is 0. The SMILES string of the molecule is CCCC1CC(=O)N(C/C(C)=C/N=C(C)C#N)C1. The smallest absolute Gasteiger partial charge is 0.223 e. The van der Waals surface area contributed by atoms with Gasteiger partial charge in [-0.15, -0.1) is 0 Å². The van der Waals surface area contributed by atoms with Gasteiger partial charge in [0, 0.05) is 25.7 Å². The fourth-order valence-electron chi connectivity index (χ4n) is 2.19. The number of nitriles is 1. The average Bonchev–Trinajstić information content (AvgIpc) is 2.67. The van der Waals surface area contributed by atoms with E-state index in [1.807, 2.05) is 17.9 Å². The number of hydrogen-bond acceptors (Lipinski definition) is 3. The molecule has 18 heavy (non-hydrogen) atoms. The zero-order valence-corrected chi connectivity index (χ0v) is 11.4. The van der Waals surface area contributed by atoms with Crippen molar-refractivity contribution in [3.8, 4) is 6.07 Å². The lowest BCUT2D eigenvalue weighted by atomic mass is 10.0. The van der Waals surface area contributed by atoms with Gasteiger partial charge < -0.3 is 4.90 Å². The molecule has 1 atom stereocenters. The predicted molar refractivity (Wildman–Crippen MR) is 72.1 cm³/mol. The second-order valence-corrected chi connectivity index (χ2v) is 4.93. The Morgan fingerprint density at radius 1 is 1.61 bits per heavy atom. The first kappa shape index (κ1) is 14.4. The molecule has 0 bridgehead atoms. The van der Waals surface area contributed by atoms with Crippen LogP contribution in [0.3, 0.4) is 0 Å². The van der Waals surface area contributed by atoms with Crippen molar-refractivity contribution in [1.82, 2.24) is 4.90 Å². The Morgan fingerprint density at radius 3 is 2.94 bits per heavy atom. The molecule has 1 aliphatic rings. The maximum absolute atomic E-state index is 11.8. The Kier molecular flexibility index (Phi) is 5.57. The number of amides is 1. The molecule has 0 aliphatic carbocycles. The van der Waals surface area contributed by atoms with Crippen LogP contribution in [0.15, 0.2) is 16.8 Å². The van der Waals surface area contributed by atoms with Crippen LogP contribution in [0.4, 0.5) is 0 Å². The summed E-state index contributed by atoms with van der Waals surface area (Å²) in [7, 11) is 0. The number of nitrogens with zero attached hydrogens (tertiary/aromatic N) is 3. The van der Waals surface area contributed by atoms with E-state index in [1.165, 1.54) is 0 Å². The van der Waals surface area contributed by atoms with Crippen LogP contribution in [-0.2, 0) is 4.79 Å². The molecule has 0 aromatic heterocycles. The molecular weight excluding hydrogens is 226 g/mol. The van der Waals surface area contributed by atoms with Crippen molar-refractivity contribution in [3.05, 3.63) is 11.8 Å². The molecule has 4 nitrogen and oxygen atoms in total. The van der Waals surface area contributed by atoms with Gasteiger partial charge in [0.15, 0.2) is 0 Å². The van der Waals surface area contributed by atoms with Crippen molar-refractivity contribution >= 4 is 11.6 Å². The number of likely N-dealkylation sites (tertiary alicyclic amines) is 1. The molecule has 1 rings (SSSR count). The summed E-state index contributed by atoms with van der Waals surface area (Å²) in [5, 5.41) is 8.59. The van der Waals surface area contributed by atoms with Crippen LogP contribution < -0.4 is 0 Å². The van der Waals surface area contributed by atoms with E-state index in [-0.39, 0.29) is 5.91 Å². The maximum atomic E-state index is 11.8. The molecule has 1 aliphatic heterocycles. The zero-order valence-electron chi connectivity index (χ0n) is 11.4. The fourth-order valence-corrected chi connectivity index (χ4v) is 2.19. The average molecular weight is 247 g/mol. The Hall–Kier alpha value is -1.63. The van der Waals surface area contributed by atoms with E-state index in [2.05, 4.69) is 11.9 Å². The standard InChI is InChI=1S/C14H21N3O/c1-4-5-13-6-14(18)17(10-13)9-11(2)8-16-12(3)7-15/h8,13H,4-6,9-10H2,1-3H3/b11-8+,16-12?. The van der Waals surface area contributed by atoms with E-state index in [0.29, 0.717) is 24.6 Å². The van der Waals surface area contributed by atoms with Crippen LogP contribution in [0.25, 0.3) is 0 Å². The topological polar surface area (TPSA) is 56.5 Å². The van der Waals surface area contributed by atoms with Crippen molar-refractivity contribution in [1.29, 1.82) is 5.26 Å². The van der Waals surface area contributed by atoms with E-state index in [4.69, 9.17) is 5.26 Å². The summed E-state index contributed by atoms with van der Waals surface area (Å²) in [6, 6.07) is 1.97. The molecule has 0 aromatic carbocycles. The fraction of sp³-hybridized carbons (Fsp3) is 0.643. The van der Waals surface area contributed by atoms with Crippen LogP contribution in [0, 0.1) is 17.2 Å². The molecule has 0 N–H and O–H groups in total. The molecule has 0 saturated carbocycles. The summed E-state index contributed by atoms with van der Waals surface area (Å²) in [5.74, 6) is 0.752. The van der Waals surface area contributed by atoms with Crippen molar-refractivity contribution < 1.29 is 4.79 Å². The van der Waals surface area contributed by atoms with E-state index < -0.39 is 0 Å². The van der Waals surface area contributed by atoms with Gasteiger partial charge in [-0.1, -0.05) is 13.3 Å². The molecule has 0 radical (unpaired) electrons. The molecule has 1 saturated heterocycles. The molecule has 1 fully saturated rings. The second kappa shape index (κ2) is 6.95. The van der Waals surface area contributed by atoms with Gasteiger partial charge in [-0.05, 0) is 31.8 Å². The van der Waals surface area contributed by atoms with Gasteiger partial charge >= 0.3 is 0 Å². The van der Waals surface area contributed by atoms with Gasteiger partial charge in [0.1, 0.15) is 11.8 Å². The summed E-state index contributed by atoms with van der Waals surface area (Å²) in [6.07, 6.45) is 4.61. The monoisotopic (exact) mass is 247 g/mol. The normalized spacial score (nSPS) is 21.3. The van der Waals surface area contributed by atoms with Crippen molar-refractivity contribution in [2.45, 2.75) is 40.0 Å². The Balaban J connectivity index is 2.53. The lowest BCUT2D eigenvalue weighted by Crippen LogP contribution is -2.26. The number of rotatable bonds is 5. The molecular formula is C14H21N3O. The highest BCUT2D eigenvalue weighted by Gasteiger charge is 2.28. The molecule has 1 amide bonds. The van der Waals surface area contributed by atoms with Crippen LogP contribution >= 0.6 is 0 Å². The minimum Gasteiger partial charge on any atom is -0.338 e. The van der Waals surface area contributed by atoms with Crippen LogP contribution in [0.2, 0.25) is 0 Å². The highest BCUT2D eigenvalue weighted by molar-refractivity contribution is 5.96. The highest BCUT2D eigenvalue weighted by atomic mass is 16.2. The lowest BCUT2D eigenvalue weighted by Gasteiger charge is -2.16. The first-order valence-corrected chi connectivity index (χ1v) is 6.44. The predicted octanol–water partition coefficient (Wildman–Crippen LogP) is 2.52. The van der Waals surface area contributed by atoms with Gasteiger partial charge in [-0.3, -0.25) is 9.79 Å². The van der Waals surface area contributed by atoms with Gasteiger partial charge in [-0.25, -0.2) is 0 Å². The lowest BCUT2D eigenvalue weighted by molar-refractivity contribution is -0.127. The summed E-state index contributed by atoms with van der Waals surface area (Å²) in [6.45, 7) is 7.24. The van der Waals surface area contributed by atoms with Gasteiger partial charge in [0.05, 0.1) is 0 Å². The quantitative estimate of drug-likeness (QED) is 0.701. The highest BCUT2D eigenvalue weighted by Crippen LogP contribution is 2.22. The van der Waals surface area contributed by atoms with E-state index in [9.17, 15) is 4.79 Å². The minimum absolute atomic E-state index is 0.238. The number of carbonyl (C=O) groups is 1. The van der Waals surface area contributed by atoms with Gasteiger partial charge in [0.2, 0.25) is 5.91 Å². The Morgan fingerprint density at radius 2 is 2.33 bits per heavy atom. The largest absolute Gasteiger partial charge is 0.338 e. The minimum atomic E-state index is 0.238. The Bertz CT molecular complexity index is 404.